The summed E-state index contributed by atoms with van der Waals surface area (Å²) in [5, 5.41) is 3.01. The summed E-state index contributed by atoms with van der Waals surface area (Å²) in [7, 11) is 0. The quantitative estimate of drug-likeness (QED) is 0.745. The second-order valence-electron chi connectivity index (χ2n) is 2.79. The minimum Gasteiger partial charge on any atom is -0.446 e. The van der Waals surface area contributed by atoms with E-state index in [1.165, 1.54) is 0 Å². The third kappa shape index (κ3) is 2.78. The van der Waals surface area contributed by atoms with Crippen LogP contribution in [0.3, 0.4) is 0 Å². The van der Waals surface area contributed by atoms with Crippen LogP contribution in [0.2, 0.25) is 0 Å². The van der Waals surface area contributed by atoms with Crippen molar-refractivity contribution in [2.24, 2.45) is 0 Å². The second-order valence-corrected chi connectivity index (χ2v) is 2.79. The molecule has 0 atom stereocenters. The summed E-state index contributed by atoms with van der Waals surface area (Å²) >= 11 is 0. The number of ketones is 1. The van der Waals surface area contributed by atoms with Crippen molar-refractivity contribution in [2.45, 2.75) is 20.3 Å². The SMILES string of the molecule is CC(=O)CCNc1ccc(C)o1. The van der Waals surface area contributed by atoms with E-state index >= 15 is 0 Å². The molecule has 0 aliphatic rings. The molecule has 0 spiro atoms. The average molecular weight is 167 g/mol. The van der Waals surface area contributed by atoms with Crippen molar-refractivity contribution in [1.82, 2.24) is 0 Å². The lowest BCUT2D eigenvalue weighted by atomic mass is 10.3. The van der Waals surface area contributed by atoms with E-state index in [9.17, 15) is 4.79 Å². The summed E-state index contributed by atoms with van der Waals surface area (Å²) < 4.78 is 5.24. The predicted molar refractivity (Wildman–Crippen MR) is 47.2 cm³/mol. The van der Waals surface area contributed by atoms with E-state index in [1.807, 2.05) is 19.1 Å². The van der Waals surface area contributed by atoms with Crippen molar-refractivity contribution in [1.29, 1.82) is 0 Å². The van der Waals surface area contributed by atoms with Gasteiger partial charge in [-0.2, -0.15) is 0 Å². The van der Waals surface area contributed by atoms with Gasteiger partial charge in [-0.3, -0.25) is 4.79 Å². The zero-order chi connectivity index (χ0) is 8.97. The molecule has 3 heteroatoms. The van der Waals surface area contributed by atoms with E-state index in [-0.39, 0.29) is 5.78 Å². The van der Waals surface area contributed by atoms with Gasteiger partial charge in [0.1, 0.15) is 11.5 Å². The Bertz CT molecular complexity index is 265. The lowest BCUT2D eigenvalue weighted by molar-refractivity contribution is -0.116. The zero-order valence-corrected chi connectivity index (χ0v) is 7.39. The van der Waals surface area contributed by atoms with Gasteiger partial charge in [-0.1, -0.05) is 0 Å². The number of hydrogen-bond donors (Lipinski definition) is 1. The van der Waals surface area contributed by atoms with Crippen molar-refractivity contribution in [3.8, 4) is 0 Å². The average Bonchev–Trinajstić information content (AvgIpc) is 2.35. The number of aryl methyl sites for hydroxylation is 1. The van der Waals surface area contributed by atoms with Crippen LogP contribution < -0.4 is 5.32 Å². The third-order valence-electron chi connectivity index (χ3n) is 1.52. The first-order valence-corrected chi connectivity index (χ1v) is 3.98. The summed E-state index contributed by atoms with van der Waals surface area (Å²) in [5.74, 6) is 1.79. The summed E-state index contributed by atoms with van der Waals surface area (Å²) in [6.45, 7) is 4.10. The fourth-order valence-corrected chi connectivity index (χ4v) is 0.891. The highest BCUT2D eigenvalue weighted by molar-refractivity contribution is 5.75. The molecule has 12 heavy (non-hydrogen) atoms. The van der Waals surface area contributed by atoms with Gasteiger partial charge in [0.2, 0.25) is 0 Å². The Hall–Kier alpha value is -1.25. The lowest BCUT2D eigenvalue weighted by Crippen LogP contribution is -2.04. The Balaban J connectivity index is 2.29. The molecule has 0 aromatic carbocycles. The van der Waals surface area contributed by atoms with Crippen molar-refractivity contribution >= 4 is 11.7 Å². The number of anilines is 1. The Morgan fingerprint density at radius 2 is 2.33 bits per heavy atom. The maximum atomic E-state index is 10.6. The molecule has 1 aromatic heterocycles. The molecule has 0 radical (unpaired) electrons. The van der Waals surface area contributed by atoms with E-state index in [0.29, 0.717) is 13.0 Å². The van der Waals surface area contributed by atoms with Gasteiger partial charge in [-0.05, 0) is 19.9 Å². The fourth-order valence-electron chi connectivity index (χ4n) is 0.891. The van der Waals surface area contributed by atoms with Gasteiger partial charge in [-0.15, -0.1) is 0 Å². The summed E-state index contributed by atoms with van der Waals surface area (Å²) in [6, 6.07) is 3.74. The molecule has 1 heterocycles. The number of carbonyl (C=O) groups is 1. The first kappa shape index (κ1) is 8.84. The van der Waals surface area contributed by atoms with Crippen molar-refractivity contribution in [3.63, 3.8) is 0 Å². The standard InChI is InChI=1S/C9H13NO2/c1-7(11)5-6-10-9-4-3-8(2)12-9/h3-4,10H,5-6H2,1-2H3. The Morgan fingerprint density at radius 1 is 1.58 bits per heavy atom. The Labute approximate surface area is 71.8 Å². The second kappa shape index (κ2) is 3.95. The van der Waals surface area contributed by atoms with Gasteiger partial charge in [0.25, 0.3) is 0 Å². The molecule has 0 saturated carbocycles. The van der Waals surface area contributed by atoms with Gasteiger partial charge in [0.05, 0.1) is 0 Å². The number of furan rings is 1. The molecule has 0 bridgehead atoms. The van der Waals surface area contributed by atoms with Gasteiger partial charge < -0.3 is 9.73 Å². The Kier molecular flexibility index (Phi) is 2.91. The molecule has 66 valence electrons. The number of nitrogens with one attached hydrogen (secondary N) is 1. The first-order chi connectivity index (χ1) is 5.68. The summed E-state index contributed by atoms with van der Waals surface area (Å²) in [6.07, 6.45) is 0.541. The molecule has 1 aromatic rings. The number of carbonyl (C=O) groups excluding carboxylic acids is 1. The number of rotatable bonds is 4. The monoisotopic (exact) mass is 167 g/mol. The molecule has 0 aliphatic heterocycles. The van der Waals surface area contributed by atoms with Crippen LogP contribution in [0.4, 0.5) is 5.88 Å². The normalized spacial score (nSPS) is 9.83. The van der Waals surface area contributed by atoms with E-state index in [4.69, 9.17) is 4.42 Å². The molecular formula is C9H13NO2. The van der Waals surface area contributed by atoms with Crippen LogP contribution in [0.15, 0.2) is 16.5 Å². The molecule has 1 rings (SSSR count). The molecule has 1 N–H and O–H groups in total. The number of hydrogen-bond acceptors (Lipinski definition) is 3. The van der Waals surface area contributed by atoms with Crippen LogP contribution in [0.1, 0.15) is 19.1 Å². The summed E-state index contributed by atoms with van der Waals surface area (Å²) in [4.78, 5) is 10.6. The molecule has 0 aliphatic carbocycles. The summed E-state index contributed by atoms with van der Waals surface area (Å²) in [5.41, 5.74) is 0. The van der Waals surface area contributed by atoms with Crippen molar-refractivity contribution in [2.75, 3.05) is 11.9 Å². The van der Waals surface area contributed by atoms with Crippen LogP contribution in [0, 0.1) is 6.92 Å². The molecule has 3 nitrogen and oxygen atoms in total. The topological polar surface area (TPSA) is 42.2 Å². The Morgan fingerprint density at radius 3 is 2.83 bits per heavy atom. The third-order valence-corrected chi connectivity index (χ3v) is 1.52. The van der Waals surface area contributed by atoms with E-state index < -0.39 is 0 Å². The van der Waals surface area contributed by atoms with Crippen LogP contribution in [-0.2, 0) is 4.79 Å². The van der Waals surface area contributed by atoms with Crippen LogP contribution in [0.5, 0.6) is 0 Å². The van der Waals surface area contributed by atoms with Gasteiger partial charge >= 0.3 is 0 Å². The zero-order valence-electron chi connectivity index (χ0n) is 7.39. The molecular weight excluding hydrogens is 154 g/mol. The minimum atomic E-state index is 0.186. The maximum absolute atomic E-state index is 10.6. The highest BCUT2D eigenvalue weighted by Crippen LogP contribution is 2.11. The minimum absolute atomic E-state index is 0.186. The van der Waals surface area contributed by atoms with Crippen LogP contribution in [-0.4, -0.2) is 12.3 Å². The lowest BCUT2D eigenvalue weighted by Gasteiger charge is -1.98. The van der Waals surface area contributed by atoms with Crippen molar-refractivity contribution in [3.05, 3.63) is 17.9 Å². The highest BCUT2D eigenvalue weighted by atomic mass is 16.4. The smallest absolute Gasteiger partial charge is 0.193 e. The van der Waals surface area contributed by atoms with Gasteiger partial charge in [-0.25, -0.2) is 0 Å². The molecule has 0 saturated heterocycles. The van der Waals surface area contributed by atoms with Crippen LogP contribution >= 0.6 is 0 Å². The van der Waals surface area contributed by atoms with Gasteiger partial charge in [0.15, 0.2) is 5.88 Å². The maximum Gasteiger partial charge on any atom is 0.193 e. The van der Waals surface area contributed by atoms with E-state index in [2.05, 4.69) is 5.32 Å². The predicted octanol–water partition coefficient (Wildman–Crippen LogP) is 1.98. The first-order valence-electron chi connectivity index (χ1n) is 3.98. The highest BCUT2D eigenvalue weighted by Gasteiger charge is 1.97. The van der Waals surface area contributed by atoms with E-state index in [0.717, 1.165) is 11.6 Å². The van der Waals surface area contributed by atoms with Crippen LogP contribution in [0.25, 0.3) is 0 Å². The number of Topliss-reactive ketones (excluding diaryl/α,β-unsaturated/α-hetero) is 1. The van der Waals surface area contributed by atoms with Gasteiger partial charge in [0, 0.05) is 19.0 Å². The fraction of sp³-hybridized carbons (Fsp3) is 0.444. The van der Waals surface area contributed by atoms with E-state index in [1.54, 1.807) is 6.92 Å². The molecule has 0 amide bonds. The largest absolute Gasteiger partial charge is 0.446 e. The van der Waals surface area contributed by atoms with Crippen molar-refractivity contribution < 1.29 is 9.21 Å². The molecule has 0 unspecified atom stereocenters. The molecule has 0 fully saturated rings.